The van der Waals surface area contributed by atoms with Crippen molar-refractivity contribution in [1.29, 1.82) is 0 Å². The Balaban J connectivity index is 1.60. The number of likely N-dealkylation sites (N-methyl/N-ethyl adjacent to an activating group) is 1. The molecule has 212 valence electrons. The number of nitrogens with one attached hydrogen (secondary N) is 1. The van der Waals surface area contributed by atoms with Crippen LogP contribution in [0.2, 0.25) is 0 Å². The lowest BCUT2D eigenvalue weighted by molar-refractivity contribution is -0.133. The molecule has 2 amide bonds. The molecule has 8 heteroatoms. The van der Waals surface area contributed by atoms with Crippen LogP contribution in [-0.2, 0) is 19.1 Å². The zero-order valence-electron chi connectivity index (χ0n) is 23.2. The van der Waals surface area contributed by atoms with Crippen molar-refractivity contribution in [1.82, 2.24) is 9.80 Å². The molecule has 4 rings (SSSR count). The highest BCUT2D eigenvalue weighted by Gasteiger charge is 2.33. The van der Waals surface area contributed by atoms with Gasteiger partial charge >= 0.3 is 0 Å². The Kier molecular flexibility index (Phi) is 10.8. The van der Waals surface area contributed by atoms with E-state index in [-0.39, 0.29) is 30.6 Å². The molecule has 1 aliphatic rings. The van der Waals surface area contributed by atoms with Crippen LogP contribution in [0.3, 0.4) is 0 Å². The number of hydrogen-bond acceptors (Lipinski definition) is 6. The minimum atomic E-state index is -0.466. The number of carbonyl (C=O) groups is 2. The van der Waals surface area contributed by atoms with Crippen LogP contribution in [0.1, 0.15) is 35.1 Å². The van der Waals surface area contributed by atoms with Gasteiger partial charge in [0.2, 0.25) is 11.8 Å². The predicted molar refractivity (Wildman–Crippen MR) is 155 cm³/mol. The number of β-amino-alcohol motifs (C(OH)–C–C–N with tert-alkyl or cyclic N) is 1. The van der Waals surface area contributed by atoms with Crippen LogP contribution in [0.15, 0.2) is 84.9 Å². The smallest absolute Gasteiger partial charge is 0.250 e. The first-order valence-electron chi connectivity index (χ1n) is 13.7. The van der Waals surface area contributed by atoms with Gasteiger partial charge in [-0.1, -0.05) is 72.8 Å². The number of carbonyl (C=O) groups excluding carboxylic acids is 2. The number of rotatable bonds is 13. The summed E-state index contributed by atoms with van der Waals surface area (Å²) in [5, 5.41) is 13.1. The molecular formula is C32H39N3O5. The van der Waals surface area contributed by atoms with Gasteiger partial charge in [0.15, 0.2) is 0 Å². The Hall–Kier alpha value is -3.56. The van der Waals surface area contributed by atoms with E-state index in [2.05, 4.69) is 10.2 Å². The van der Waals surface area contributed by atoms with E-state index in [0.717, 1.165) is 23.2 Å². The number of ether oxygens (including phenoxy) is 2. The molecule has 1 unspecified atom stereocenters. The Morgan fingerprint density at radius 2 is 1.62 bits per heavy atom. The second kappa shape index (κ2) is 14.7. The van der Waals surface area contributed by atoms with Gasteiger partial charge in [0, 0.05) is 39.5 Å². The molecule has 40 heavy (non-hydrogen) atoms. The highest BCUT2D eigenvalue weighted by molar-refractivity contribution is 5.92. The monoisotopic (exact) mass is 545 g/mol. The molecule has 0 spiro atoms. The van der Waals surface area contributed by atoms with E-state index in [0.29, 0.717) is 38.4 Å². The molecule has 0 aliphatic carbocycles. The molecule has 1 fully saturated rings. The van der Waals surface area contributed by atoms with E-state index in [1.807, 2.05) is 96.9 Å². The molecule has 8 nitrogen and oxygen atoms in total. The largest absolute Gasteiger partial charge is 0.392 e. The number of amides is 2. The summed E-state index contributed by atoms with van der Waals surface area (Å²) in [7, 11) is 3.42. The molecule has 1 saturated heterocycles. The SMILES string of the molecule is COCCOCC(=O)Nc1cccc(C(CN2CC[C@H](O)C2)N(C)C(=O)C(c2ccccc2)c2ccccc2)c1. The quantitative estimate of drug-likeness (QED) is 0.319. The maximum absolute atomic E-state index is 14.3. The zero-order chi connectivity index (χ0) is 28.3. The Bertz CT molecular complexity index is 1180. The third-order valence-corrected chi connectivity index (χ3v) is 7.23. The topological polar surface area (TPSA) is 91.3 Å². The van der Waals surface area contributed by atoms with E-state index in [1.165, 1.54) is 0 Å². The van der Waals surface area contributed by atoms with E-state index in [1.54, 1.807) is 7.11 Å². The second-order valence-corrected chi connectivity index (χ2v) is 10.1. The van der Waals surface area contributed by atoms with Gasteiger partial charge in [-0.15, -0.1) is 0 Å². The fourth-order valence-corrected chi connectivity index (χ4v) is 5.13. The van der Waals surface area contributed by atoms with Crippen LogP contribution in [-0.4, -0.2) is 86.4 Å². The van der Waals surface area contributed by atoms with E-state index < -0.39 is 5.92 Å². The number of nitrogens with zero attached hydrogens (tertiary/aromatic N) is 2. The van der Waals surface area contributed by atoms with Crippen molar-refractivity contribution < 1.29 is 24.2 Å². The Morgan fingerprint density at radius 3 is 2.23 bits per heavy atom. The summed E-state index contributed by atoms with van der Waals surface area (Å²) >= 11 is 0. The van der Waals surface area contributed by atoms with Crippen molar-refractivity contribution in [2.75, 3.05) is 58.9 Å². The molecule has 1 heterocycles. The van der Waals surface area contributed by atoms with Crippen LogP contribution in [0.5, 0.6) is 0 Å². The predicted octanol–water partition coefficient (Wildman–Crippen LogP) is 3.69. The molecule has 1 aliphatic heterocycles. The number of benzene rings is 3. The van der Waals surface area contributed by atoms with Crippen LogP contribution >= 0.6 is 0 Å². The molecule has 2 atom stereocenters. The average molecular weight is 546 g/mol. The van der Waals surface area contributed by atoms with Gasteiger partial charge in [-0.25, -0.2) is 0 Å². The van der Waals surface area contributed by atoms with E-state index in [9.17, 15) is 14.7 Å². The summed E-state index contributed by atoms with van der Waals surface area (Å²) in [6, 6.07) is 26.9. The first kappa shape index (κ1) is 29.4. The number of aliphatic hydroxyl groups excluding tert-OH is 1. The van der Waals surface area contributed by atoms with E-state index >= 15 is 0 Å². The lowest BCUT2D eigenvalue weighted by Gasteiger charge is -2.35. The molecule has 3 aromatic rings. The third-order valence-electron chi connectivity index (χ3n) is 7.23. The van der Waals surface area contributed by atoms with Crippen molar-refractivity contribution in [2.45, 2.75) is 24.5 Å². The maximum Gasteiger partial charge on any atom is 0.250 e. The van der Waals surface area contributed by atoms with Crippen molar-refractivity contribution >= 4 is 17.5 Å². The molecule has 0 saturated carbocycles. The van der Waals surface area contributed by atoms with Crippen molar-refractivity contribution in [3.05, 3.63) is 102 Å². The summed E-state index contributed by atoms with van der Waals surface area (Å²) in [6.45, 7) is 2.57. The van der Waals surface area contributed by atoms with Gasteiger partial charge in [-0.2, -0.15) is 0 Å². The average Bonchev–Trinajstić information content (AvgIpc) is 3.39. The Morgan fingerprint density at radius 1 is 0.975 bits per heavy atom. The molecular weight excluding hydrogens is 506 g/mol. The van der Waals surface area contributed by atoms with Crippen molar-refractivity contribution in [3.8, 4) is 0 Å². The fourth-order valence-electron chi connectivity index (χ4n) is 5.13. The molecule has 0 bridgehead atoms. The highest BCUT2D eigenvalue weighted by Crippen LogP contribution is 2.32. The minimum Gasteiger partial charge on any atom is -0.392 e. The second-order valence-electron chi connectivity index (χ2n) is 10.1. The molecule has 2 N–H and O–H groups in total. The zero-order valence-corrected chi connectivity index (χ0v) is 23.2. The summed E-state index contributed by atoms with van der Waals surface area (Å²) in [5.41, 5.74) is 3.38. The number of methoxy groups -OCH3 is 1. The van der Waals surface area contributed by atoms with Crippen LogP contribution in [0.25, 0.3) is 0 Å². The summed E-state index contributed by atoms with van der Waals surface area (Å²) in [5.74, 6) is -0.751. The van der Waals surface area contributed by atoms with E-state index in [4.69, 9.17) is 9.47 Å². The number of aliphatic hydroxyl groups is 1. The van der Waals surface area contributed by atoms with Gasteiger partial charge in [0.05, 0.1) is 31.3 Å². The summed E-state index contributed by atoms with van der Waals surface area (Å²) in [6.07, 6.45) is 0.340. The first-order valence-corrected chi connectivity index (χ1v) is 13.7. The Labute approximate surface area is 236 Å². The van der Waals surface area contributed by atoms with Crippen LogP contribution in [0, 0.1) is 0 Å². The van der Waals surface area contributed by atoms with Gasteiger partial charge in [-0.05, 0) is 35.2 Å². The standard InChI is InChI=1S/C32H39N3O5/c1-34(32(38)31(24-10-5-3-6-11-24)25-12-7-4-8-13-25)29(22-35-17-16-28(36)21-35)26-14-9-15-27(20-26)33-30(37)23-40-19-18-39-2/h3-15,20,28-29,31,36H,16-19,21-23H2,1-2H3,(H,33,37)/t28-,29?/m0/s1. The third kappa shape index (κ3) is 7.99. The fraction of sp³-hybridized carbons (Fsp3) is 0.375. The van der Waals surface area contributed by atoms with Gasteiger partial charge in [-0.3, -0.25) is 14.5 Å². The molecule has 0 aromatic heterocycles. The maximum atomic E-state index is 14.3. The molecule has 3 aromatic carbocycles. The van der Waals surface area contributed by atoms with Gasteiger partial charge in [0.1, 0.15) is 6.61 Å². The van der Waals surface area contributed by atoms with Crippen molar-refractivity contribution in [3.63, 3.8) is 0 Å². The number of hydrogen-bond donors (Lipinski definition) is 2. The van der Waals surface area contributed by atoms with Crippen LogP contribution in [0.4, 0.5) is 5.69 Å². The number of anilines is 1. The normalized spacial score (nSPS) is 16.1. The lowest BCUT2D eigenvalue weighted by Crippen LogP contribution is -2.41. The van der Waals surface area contributed by atoms with Crippen LogP contribution < -0.4 is 5.32 Å². The van der Waals surface area contributed by atoms with Gasteiger partial charge in [0.25, 0.3) is 0 Å². The summed E-state index contributed by atoms with van der Waals surface area (Å²) in [4.78, 5) is 30.7. The highest BCUT2D eigenvalue weighted by atomic mass is 16.5. The van der Waals surface area contributed by atoms with Crippen molar-refractivity contribution in [2.24, 2.45) is 0 Å². The number of likely N-dealkylation sites (tertiary alicyclic amines) is 1. The first-order chi connectivity index (χ1) is 19.5. The minimum absolute atomic E-state index is 0.0249. The van der Waals surface area contributed by atoms with Gasteiger partial charge < -0.3 is 24.8 Å². The lowest BCUT2D eigenvalue weighted by atomic mass is 9.89. The summed E-state index contributed by atoms with van der Waals surface area (Å²) < 4.78 is 10.3. The molecule has 0 radical (unpaired) electrons.